The van der Waals surface area contributed by atoms with Gasteiger partial charge < -0.3 is 19.7 Å². The van der Waals surface area contributed by atoms with Crippen LogP contribution in [0, 0.1) is 0 Å². The van der Waals surface area contributed by atoms with Crippen LogP contribution in [0.5, 0.6) is 17.2 Å². The lowest BCUT2D eigenvalue weighted by molar-refractivity contribution is 0.0693. The van der Waals surface area contributed by atoms with Gasteiger partial charge in [0.15, 0.2) is 0 Å². The standard InChI is InChI=1S/C19H22O5/c1-2-3-4-14-5-7-15(8-6-14)23-11-12-24-16-9-10-17(19(21)22)18(20)13-16/h5-10,13,20H,2-4,11-12H2,1H3,(H,21,22). The molecule has 0 unspecified atom stereocenters. The van der Waals surface area contributed by atoms with E-state index in [9.17, 15) is 9.90 Å². The number of aromatic hydroxyl groups is 1. The van der Waals surface area contributed by atoms with Crippen molar-refractivity contribution in [1.29, 1.82) is 0 Å². The SMILES string of the molecule is CCCCc1ccc(OCCOc2ccc(C(=O)O)c(O)c2)cc1. The predicted octanol–water partition coefficient (Wildman–Crippen LogP) is 3.89. The Morgan fingerprint density at radius 3 is 2.21 bits per heavy atom. The molecule has 0 atom stereocenters. The van der Waals surface area contributed by atoms with E-state index < -0.39 is 5.97 Å². The molecule has 128 valence electrons. The summed E-state index contributed by atoms with van der Waals surface area (Å²) in [6, 6.07) is 12.1. The molecular formula is C19H22O5. The fourth-order valence-corrected chi connectivity index (χ4v) is 2.23. The fraction of sp³-hybridized carbons (Fsp3) is 0.316. The first-order valence-corrected chi connectivity index (χ1v) is 8.01. The molecule has 5 heteroatoms. The normalized spacial score (nSPS) is 10.4. The summed E-state index contributed by atoms with van der Waals surface area (Å²) in [4.78, 5) is 10.8. The van der Waals surface area contributed by atoms with Crippen molar-refractivity contribution in [3.63, 3.8) is 0 Å². The van der Waals surface area contributed by atoms with Crippen LogP contribution >= 0.6 is 0 Å². The zero-order chi connectivity index (χ0) is 17.4. The van der Waals surface area contributed by atoms with Gasteiger partial charge in [0.25, 0.3) is 0 Å². The maximum absolute atomic E-state index is 10.8. The van der Waals surface area contributed by atoms with Crippen LogP contribution < -0.4 is 9.47 Å². The van der Waals surface area contributed by atoms with Crippen LogP contribution in [0.3, 0.4) is 0 Å². The van der Waals surface area contributed by atoms with E-state index >= 15 is 0 Å². The van der Waals surface area contributed by atoms with E-state index in [4.69, 9.17) is 14.6 Å². The van der Waals surface area contributed by atoms with Gasteiger partial charge in [-0.3, -0.25) is 0 Å². The summed E-state index contributed by atoms with van der Waals surface area (Å²) in [6.07, 6.45) is 3.44. The molecule has 0 aliphatic rings. The van der Waals surface area contributed by atoms with Crippen LogP contribution in [0.25, 0.3) is 0 Å². The van der Waals surface area contributed by atoms with E-state index in [0.717, 1.165) is 12.2 Å². The van der Waals surface area contributed by atoms with Crippen LogP contribution in [-0.2, 0) is 6.42 Å². The third kappa shape index (κ3) is 5.19. The number of ether oxygens (including phenoxy) is 2. The summed E-state index contributed by atoms with van der Waals surface area (Å²) in [6.45, 7) is 2.83. The zero-order valence-corrected chi connectivity index (χ0v) is 13.7. The van der Waals surface area contributed by atoms with E-state index in [1.165, 1.54) is 36.6 Å². The van der Waals surface area contributed by atoms with E-state index in [-0.39, 0.29) is 11.3 Å². The van der Waals surface area contributed by atoms with Crippen LogP contribution in [-0.4, -0.2) is 29.4 Å². The van der Waals surface area contributed by atoms with Crippen molar-refractivity contribution in [1.82, 2.24) is 0 Å². The molecule has 0 amide bonds. The summed E-state index contributed by atoms with van der Waals surface area (Å²) in [5.74, 6) is -0.313. The van der Waals surface area contributed by atoms with Crippen LogP contribution in [0.4, 0.5) is 0 Å². The highest BCUT2D eigenvalue weighted by Crippen LogP contribution is 2.23. The summed E-state index contributed by atoms with van der Waals surface area (Å²) in [5, 5.41) is 18.4. The molecule has 0 saturated heterocycles. The zero-order valence-electron chi connectivity index (χ0n) is 13.7. The number of aromatic carboxylic acids is 1. The van der Waals surface area contributed by atoms with Crippen LogP contribution in [0.15, 0.2) is 42.5 Å². The van der Waals surface area contributed by atoms with Crippen molar-refractivity contribution >= 4 is 5.97 Å². The van der Waals surface area contributed by atoms with Gasteiger partial charge >= 0.3 is 5.97 Å². The van der Waals surface area contributed by atoms with Gasteiger partial charge in [0.2, 0.25) is 0 Å². The Kier molecular flexibility index (Phi) is 6.49. The van der Waals surface area contributed by atoms with Crippen LogP contribution in [0.1, 0.15) is 35.7 Å². The number of carbonyl (C=O) groups is 1. The average Bonchev–Trinajstić information content (AvgIpc) is 2.57. The highest BCUT2D eigenvalue weighted by molar-refractivity contribution is 5.90. The van der Waals surface area contributed by atoms with Crippen molar-refractivity contribution in [2.24, 2.45) is 0 Å². The number of carboxylic acid groups (broad SMARTS) is 1. The monoisotopic (exact) mass is 330 g/mol. The minimum Gasteiger partial charge on any atom is -0.507 e. The average molecular weight is 330 g/mol. The molecule has 5 nitrogen and oxygen atoms in total. The van der Waals surface area contributed by atoms with Crippen molar-refractivity contribution in [3.8, 4) is 17.2 Å². The lowest BCUT2D eigenvalue weighted by Crippen LogP contribution is -2.09. The Balaban J connectivity index is 1.76. The van der Waals surface area contributed by atoms with E-state index in [1.807, 2.05) is 12.1 Å². The van der Waals surface area contributed by atoms with E-state index in [1.54, 1.807) is 0 Å². The number of benzene rings is 2. The molecule has 0 radical (unpaired) electrons. The topological polar surface area (TPSA) is 76.0 Å². The molecule has 2 aromatic carbocycles. The number of unbranched alkanes of at least 4 members (excludes halogenated alkanes) is 1. The Hall–Kier alpha value is -2.69. The first-order chi connectivity index (χ1) is 11.6. The Morgan fingerprint density at radius 2 is 1.62 bits per heavy atom. The Labute approximate surface area is 141 Å². The van der Waals surface area contributed by atoms with Crippen molar-refractivity contribution in [2.75, 3.05) is 13.2 Å². The third-order valence-corrected chi connectivity index (χ3v) is 3.56. The number of aryl methyl sites for hydroxylation is 1. The molecule has 0 spiro atoms. The smallest absolute Gasteiger partial charge is 0.339 e. The van der Waals surface area contributed by atoms with Crippen molar-refractivity contribution in [3.05, 3.63) is 53.6 Å². The lowest BCUT2D eigenvalue weighted by Gasteiger charge is -2.10. The minimum absolute atomic E-state index is 0.151. The number of phenols is 1. The molecule has 2 rings (SSSR count). The van der Waals surface area contributed by atoms with Crippen molar-refractivity contribution in [2.45, 2.75) is 26.2 Å². The molecule has 24 heavy (non-hydrogen) atoms. The minimum atomic E-state index is -1.18. The van der Waals surface area contributed by atoms with Gasteiger partial charge in [-0.15, -0.1) is 0 Å². The highest BCUT2D eigenvalue weighted by atomic mass is 16.5. The van der Waals surface area contributed by atoms with Gasteiger partial charge in [0, 0.05) is 6.07 Å². The first kappa shape index (κ1) is 17.7. The predicted molar refractivity (Wildman–Crippen MR) is 91.1 cm³/mol. The van der Waals surface area contributed by atoms with Gasteiger partial charge in [-0.2, -0.15) is 0 Å². The van der Waals surface area contributed by atoms with E-state index in [2.05, 4.69) is 19.1 Å². The van der Waals surface area contributed by atoms with Gasteiger partial charge in [-0.05, 0) is 42.7 Å². The first-order valence-electron chi connectivity index (χ1n) is 8.01. The maximum atomic E-state index is 10.8. The summed E-state index contributed by atoms with van der Waals surface area (Å²) >= 11 is 0. The number of carboxylic acids is 1. The number of hydrogen-bond acceptors (Lipinski definition) is 4. The molecule has 0 fully saturated rings. The van der Waals surface area contributed by atoms with E-state index in [0.29, 0.717) is 19.0 Å². The lowest BCUT2D eigenvalue weighted by atomic mass is 10.1. The Bertz CT molecular complexity index is 664. The molecule has 0 aliphatic heterocycles. The largest absolute Gasteiger partial charge is 0.507 e. The fourth-order valence-electron chi connectivity index (χ4n) is 2.23. The number of rotatable bonds is 9. The summed E-state index contributed by atoms with van der Waals surface area (Å²) in [5.41, 5.74) is 1.15. The van der Waals surface area contributed by atoms with Gasteiger partial charge in [-0.1, -0.05) is 25.5 Å². The maximum Gasteiger partial charge on any atom is 0.339 e. The van der Waals surface area contributed by atoms with Gasteiger partial charge in [0.05, 0.1) is 0 Å². The Morgan fingerprint density at radius 1 is 1.00 bits per heavy atom. The summed E-state index contributed by atoms with van der Waals surface area (Å²) < 4.78 is 11.0. The molecule has 2 N–H and O–H groups in total. The molecule has 2 aromatic rings. The summed E-state index contributed by atoms with van der Waals surface area (Å²) in [7, 11) is 0. The third-order valence-electron chi connectivity index (χ3n) is 3.56. The molecule has 0 aromatic heterocycles. The molecular weight excluding hydrogens is 308 g/mol. The highest BCUT2D eigenvalue weighted by Gasteiger charge is 2.10. The second-order valence-corrected chi connectivity index (χ2v) is 5.43. The quantitative estimate of drug-likeness (QED) is 0.682. The van der Waals surface area contributed by atoms with Crippen molar-refractivity contribution < 1.29 is 24.5 Å². The second kappa shape index (κ2) is 8.82. The van der Waals surface area contributed by atoms with Gasteiger partial charge in [0.1, 0.15) is 36.0 Å². The number of hydrogen-bond donors (Lipinski definition) is 2. The molecule has 0 heterocycles. The molecule has 0 saturated carbocycles. The molecule has 0 bridgehead atoms. The van der Waals surface area contributed by atoms with Crippen LogP contribution in [0.2, 0.25) is 0 Å². The second-order valence-electron chi connectivity index (χ2n) is 5.43. The molecule has 0 aliphatic carbocycles. The van der Waals surface area contributed by atoms with Gasteiger partial charge in [-0.25, -0.2) is 4.79 Å².